The summed E-state index contributed by atoms with van der Waals surface area (Å²) in [7, 11) is 0. The van der Waals surface area contributed by atoms with Gasteiger partial charge in [0.05, 0.1) is 21.6 Å². The minimum Gasteiger partial charge on any atom is -0.491 e. The molecule has 0 amide bonds. The molecule has 0 spiro atoms. The zero-order valence-electron chi connectivity index (χ0n) is 11.0. The first-order valence-corrected chi connectivity index (χ1v) is 7.96. The predicted molar refractivity (Wildman–Crippen MR) is 84.2 cm³/mol. The van der Waals surface area contributed by atoms with Crippen LogP contribution in [-0.4, -0.2) is 13.2 Å². The normalized spacial score (nSPS) is 10.2. The molecule has 19 heavy (non-hydrogen) atoms. The third kappa shape index (κ3) is 5.94. The highest BCUT2D eigenvalue weighted by Gasteiger charge is 2.08. The Bertz CT molecular complexity index is 421. The van der Waals surface area contributed by atoms with Crippen molar-refractivity contribution in [2.45, 2.75) is 32.7 Å². The van der Waals surface area contributed by atoms with E-state index in [2.05, 4.69) is 62.3 Å². The van der Waals surface area contributed by atoms with Gasteiger partial charge in [0.2, 0.25) is 0 Å². The number of hydrogen-bond acceptors (Lipinski definition) is 3. The lowest BCUT2D eigenvalue weighted by Gasteiger charge is -2.12. The van der Waals surface area contributed by atoms with E-state index < -0.39 is 0 Å². The van der Waals surface area contributed by atoms with Crippen LogP contribution in [0.15, 0.2) is 21.1 Å². The Morgan fingerprint density at radius 1 is 1.26 bits per heavy atom. The number of nitrogens with zero attached hydrogens (tertiary/aromatic N) is 1. The largest absolute Gasteiger partial charge is 0.491 e. The molecule has 0 aliphatic heterocycles. The van der Waals surface area contributed by atoms with Crippen molar-refractivity contribution in [2.75, 3.05) is 13.2 Å². The van der Waals surface area contributed by atoms with Crippen molar-refractivity contribution in [3.8, 4) is 11.8 Å². The minimum absolute atomic E-state index is 0.591. The van der Waals surface area contributed by atoms with Crippen LogP contribution in [0.5, 0.6) is 5.75 Å². The molecule has 0 aromatic heterocycles. The summed E-state index contributed by atoms with van der Waals surface area (Å²) in [5, 5.41) is 11.8. The van der Waals surface area contributed by atoms with Crippen LogP contribution < -0.4 is 10.1 Å². The maximum absolute atomic E-state index is 8.46. The summed E-state index contributed by atoms with van der Waals surface area (Å²) in [6.45, 7) is 4.51. The summed E-state index contributed by atoms with van der Waals surface area (Å²) >= 11 is 7.08. The third-order valence-electron chi connectivity index (χ3n) is 2.57. The average Bonchev–Trinajstić information content (AvgIpc) is 2.38. The Morgan fingerprint density at radius 3 is 2.53 bits per heavy atom. The van der Waals surface area contributed by atoms with Crippen LogP contribution in [0.4, 0.5) is 0 Å². The van der Waals surface area contributed by atoms with Gasteiger partial charge in [0.1, 0.15) is 5.75 Å². The standard InChI is InChI=1S/C14H18Br2N2O/c1-2-18-10-11-8-12(15)14(13(16)9-11)19-7-5-3-4-6-17/h8-9,18H,2-5,7,10H2,1H3. The summed E-state index contributed by atoms with van der Waals surface area (Å²) in [4.78, 5) is 0. The Labute approximate surface area is 131 Å². The number of nitriles is 1. The molecule has 1 rings (SSSR count). The number of unbranched alkanes of at least 4 members (excludes halogenated alkanes) is 2. The molecular weight excluding hydrogens is 372 g/mol. The van der Waals surface area contributed by atoms with Crippen LogP contribution in [0.25, 0.3) is 0 Å². The van der Waals surface area contributed by atoms with Crippen molar-refractivity contribution >= 4 is 31.9 Å². The molecule has 0 atom stereocenters. The first-order valence-electron chi connectivity index (χ1n) is 6.37. The lowest BCUT2D eigenvalue weighted by atomic mass is 10.2. The molecule has 1 N–H and O–H groups in total. The predicted octanol–water partition coefficient (Wildman–Crippen LogP) is 4.39. The Hall–Kier alpha value is -0.570. The smallest absolute Gasteiger partial charge is 0.147 e. The summed E-state index contributed by atoms with van der Waals surface area (Å²) in [5.41, 5.74) is 1.21. The van der Waals surface area contributed by atoms with Crippen molar-refractivity contribution in [1.29, 1.82) is 5.26 Å². The minimum atomic E-state index is 0.591. The van der Waals surface area contributed by atoms with Crippen molar-refractivity contribution in [1.82, 2.24) is 5.32 Å². The Morgan fingerprint density at radius 2 is 1.95 bits per heavy atom. The second-order valence-corrected chi connectivity index (χ2v) is 5.84. The van der Waals surface area contributed by atoms with Gasteiger partial charge in [-0.3, -0.25) is 0 Å². The van der Waals surface area contributed by atoms with Gasteiger partial charge in [0, 0.05) is 13.0 Å². The summed E-state index contributed by atoms with van der Waals surface area (Å²) in [6, 6.07) is 6.27. The molecule has 5 heteroatoms. The number of halogens is 2. The van der Waals surface area contributed by atoms with E-state index in [9.17, 15) is 0 Å². The summed E-state index contributed by atoms with van der Waals surface area (Å²) in [5.74, 6) is 0.831. The van der Waals surface area contributed by atoms with E-state index in [0.717, 1.165) is 40.6 Å². The Kier molecular flexibility index (Phi) is 8.11. The molecule has 0 saturated carbocycles. The van der Waals surface area contributed by atoms with E-state index in [4.69, 9.17) is 10.00 Å². The van der Waals surface area contributed by atoms with Crippen LogP contribution in [0, 0.1) is 11.3 Å². The van der Waals surface area contributed by atoms with Crippen molar-refractivity contribution in [2.24, 2.45) is 0 Å². The molecule has 0 aliphatic carbocycles. The molecule has 1 aromatic rings. The molecule has 0 radical (unpaired) electrons. The van der Waals surface area contributed by atoms with E-state index >= 15 is 0 Å². The van der Waals surface area contributed by atoms with Gasteiger partial charge in [-0.1, -0.05) is 6.92 Å². The van der Waals surface area contributed by atoms with Crippen LogP contribution in [-0.2, 0) is 6.54 Å². The third-order valence-corrected chi connectivity index (χ3v) is 3.74. The van der Waals surface area contributed by atoms with Crippen LogP contribution in [0.3, 0.4) is 0 Å². The molecule has 0 aliphatic rings. The molecule has 0 heterocycles. The van der Waals surface area contributed by atoms with E-state index in [1.165, 1.54) is 5.56 Å². The lowest BCUT2D eigenvalue weighted by molar-refractivity contribution is 0.304. The molecule has 0 bridgehead atoms. The zero-order chi connectivity index (χ0) is 14.1. The topological polar surface area (TPSA) is 45.0 Å². The van der Waals surface area contributed by atoms with Crippen LogP contribution in [0.2, 0.25) is 0 Å². The number of nitrogens with one attached hydrogen (secondary N) is 1. The monoisotopic (exact) mass is 388 g/mol. The van der Waals surface area contributed by atoms with Crippen molar-refractivity contribution < 1.29 is 4.74 Å². The van der Waals surface area contributed by atoms with E-state index in [1.54, 1.807) is 0 Å². The highest BCUT2D eigenvalue weighted by molar-refractivity contribution is 9.11. The van der Waals surface area contributed by atoms with E-state index in [1.807, 2.05) is 0 Å². The number of hydrogen-bond donors (Lipinski definition) is 1. The quantitative estimate of drug-likeness (QED) is 0.670. The maximum Gasteiger partial charge on any atom is 0.147 e. The maximum atomic E-state index is 8.46. The summed E-state index contributed by atoms with van der Waals surface area (Å²) in [6.07, 6.45) is 2.36. The molecular formula is C14H18Br2N2O. The number of rotatable bonds is 8. The van der Waals surface area contributed by atoms with Crippen molar-refractivity contribution in [3.05, 3.63) is 26.6 Å². The van der Waals surface area contributed by atoms with Gasteiger partial charge in [0.15, 0.2) is 0 Å². The van der Waals surface area contributed by atoms with Gasteiger partial charge >= 0.3 is 0 Å². The highest BCUT2D eigenvalue weighted by atomic mass is 79.9. The summed E-state index contributed by atoms with van der Waals surface area (Å²) < 4.78 is 7.66. The molecule has 0 saturated heterocycles. The fourth-order valence-electron chi connectivity index (χ4n) is 1.60. The van der Waals surface area contributed by atoms with Crippen LogP contribution in [0.1, 0.15) is 31.7 Å². The van der Waals surface area contributed by atoms with E-state index in [0.29, 0.717) is 13.0 Å². The van der Waals surface area contributed by atoms with Crippen molar-refractivity contribution in [3.63, 3.8) is 0 Å². The fourth-order valence-corrected chi connectivity index (χ4v) is 3.11. The SMILES string of the molecule is CCNCc1cc(Br)c(OCCCCC#N)c(Br)c1. The second-order valence-electron chi connectivity index (χ2n) is 4.13. The zero-order valence-corrected chi connectivity index (χ0v) is 14.2. The molecule has 3 nitrogen and oxygen atoms in total. The van der Waals surface area contributed by atoms with Gasteiger partial charge in [-0.05, 0) is 68.9 Å². The van der Waals surface area contributed by atoms with E-state index in [-0.39, 0.29) is 0 Å². The lowest BCUT2D eigenvalue weighted by Crippen LogP contribution is -2.11. The van der Waals surface area contributed by atoms with Gasteiger partial charge < -0.3 is 10.1 Å². The van der Waals surface area contributed by atoms with Gasteiger partial charge in [-0.25, -0.2) is 0 Å². The van der Waals surface area contributed by atoms with Gasteiger partial charge in [-0.15, -0.1) is 0 Å². The first kappa shape index (κ1) is 16.5. The molecule has 104 valence electrons. The van der Waals surface area contributed by atoms with Crippen LogP contribution >= 0.6 is 31.9 Å². The second kappa shape index (κ2) is 9.35. The fraction of sp³-hybridized carbons (Fsp3) is 0.500. The Balaban J connectivity index is 2.56. The number of ether oxygens (including phenoxy) is 1. The first-order chi connectivity index (χ1) is 9.19. The van der Waals surface area contributed by atoms with Gasteiger partial charge in [-0.2, -0.15) is 5.26 Å². The average molecular weight is 390 g/mol. The highest BCUT2D eigenvalue weighted by Crippen LogP contribution is 2.34. The van der Waals surface area contributed by atoms with Gasteiger partial charge in [0.25, 0.3) is 0 Å². The number of benzene rings is 1. The molecule has 1 aromatic carbocycles. The molecule has 0 fully saturated rings. The molecule has 0 unspecified atom stereocenters.